The van der Waals surface area contributed by atoms with Gasteiger partial charge in [-0.1, -0.05) is 0 Å². The zero-order chi connectivity index (χ0) is 16.3. The second-order valence-corrected chi connectivity index (χ2v) is 7.17. The fraction of sp³-hybridized carbons (Fsp3) is 0.214. The Hall–Kier alpha value is -2.06. The lowest BCUT2D eigenvalue weighted by Gasteiger charge is -2.19. The van der Waals surface area contributed by atoms with E-state index < -0.39 is 16.0 Å². The Labute approximate surface area is 132 Å². The van der Waals surface area contributed by atoms with Crippen molar-refractivity contribution in [3.05, 3.63) is 40.6 Å². The Morgan fingerprint density at radius 3 is 2.45 bits per heavy atom. The topological polar surface area (TPSA) is 83.9 Å². The largest absolute Gasteiger partial charge is 0.494 e. The average molecular weight is 341 g/mol. The van der Waals surface area contributed by atoms with Crippen molar-refractivity contribution in [2.45, 2.75) is 11.8 Å². The molecule has 1 N–H and O–H groups in total. The molecule has 0 saturated carbocycles. The Morgan fingerprint density at radius 1 is 1.27 bits per heavy atom. The van der Waals surface area contributed by atoms with Crippen LogP contribution in [0.1, 0.15) is 16.6 Å². The Bertz CT molecular complexity index is 765. The number of carboxylic acid groups (broad SMARTS) is 1. The summed E-state index contributed by atoms with van der Waals surface area (Å²) in [5, 5.41) is 10.5. The molecule has 0 amide bonds. The molecule has 8 heteroatoms. The first-order chi connectivity index (χ1) is 10.4. The number of ether oxygens (including phenoxy) is 1. The van der Waals surface area contributed by atoms with Gasteiger partial charge in [0.15, 0.2) is 0 Å². The van der Waals surface area contributed by atoms with E-state index in [0.717, 1.165) is 15.6 Å². The van der Waals surface area contributed by atoms with E-state index in [1.807, 2.05) is 6.92 Å². The van der Waals surface area contributed by atoms with Gasteiger partial charge in [0.05, 0.1) is 12.3 Å². The van der Waals surface area contributed by atoms with E-state index in [2.05, 4.69) is 0 Å². The van der Waals surface area contributed by atoms with Crippen LogP contribution < -0.4 is 9.04 Å². The molecule has 118 valence electrons. The van der Waals surface area contributed by atoms with E-state index in [1.165, 1.54) is 18.5 Å². The zero-order valence-corrected chi connectivity index (χ0v) is 13.6. The maximum Gasteiger partial charge on any atom is 0.347 e. The zero-order valence-electron chi connectivity index (χ0n) is 12.0. The van der Waals surface area contributed by atoms with Crippen molar-refractivity contribution >= 4 is 33.0 Å². The molecule has 0 aliphatic carbocycles. The number of aromatic carboxylic acids is 1. The van der Waals surface area contributed by atoms with Crippen LogP contribution in [0.25, 0.3) is 0 Å². The van der Waals surface area contributed by atoms with Gasteiger partial charge in [0.1, 0.15) is 15.5 Å². The molecule has 0 spiro atoms. The standard InChI is InChI=1S/C14H15NO5S2/c1-3-20-11-6-4-10(5-7-11)15(2)22(18,19)12-8-9-21-13(12)14(16)17/h4-9H,3H2,1-2H3,(H,16,17). The van der Waals surface area contributed by atoms with Crippen LogP contribution in [0.4, 0.5) is 5.69 Å². The summed E-state index contributed by atoms with van der Waals surface area (Å²) in [7, 11) is -2.54. The molecule has 2 rings (SSSR count). The third-order valence-corrected chi connectivity index (χ3v) is 5.83. The van der Waals surface area contributed by atoms with Crippen molar-refractivity contribution in [1.29, 1.82) is 0 Å². The molecule has 0 fully saturated rings. The number of rotatable bonds is 6. The van der Waals surface area contributed by atoms with Crippen LogP contribution in [-0.2, 0) is 10.0 Å². The maximum atomic E-state index is 12.6. The molecule has 0 aliphatic heterocycles. The van der Waals surface area contributed by atoms with Crippen molar-refractivity contribution in [2.24, 2.45) is 0 Å². The monoisotopic (exact) mass is 341 g/mol. The first-order valence-corrected chi connectivity index (χ1v) is 8.72. The van der Waals surface area contributed by atoms with E-state index in [0.29, 0.717) is 18.0 Å². The number of thiophene rings is 1. The number of benzene rings is 1. The third-order valence-electron chi connectivity index (χ3n) is 2.97. The highest BCUT2D eigenvalue weighted by atomic mass is 32.2. The normalized spacial score (nSPS) is 11.2. The maximum absolute atomic E-state index is 12.6. The lowest BCUT2D eigenvalue weighted by Crippen LogP contribution is -2.27. The van der Waals surface area contributed by atoms with Gasteiger partial charge in [-0.2, -0.15) is 0 Å². The smallest absolute Gasteiger partial charge is 0.347 e. The molecule has 1 aromatic heterocycles. The molecule has 1 aromatic carbocycles. The van der Waals surface area contributed by atoms with E-state index in [1.54, 1.807) is 24.3 Å². The third kappa shape index (κ3) is 3.07. The van der Waals surface area contributed by atoms with E-state index in [9.17, 15) is 13.2 Å². The molecule has 22 heavy (non-hydrogen) atoms. The van der Waals surface area contributed by atoms with Gasteiger partial charge in [-0.3, -0.25) is 4.31 Å². The van der Waals surface area contributed by atoms with Gasteiger partial charge in [-0.15, -0.1) is 11.3 Å². The van der Waals surface area contributed by atoms with Crippen LogP contribution in [0, 0.1) is 0 Å². The Balaban J connectivity index is 2.36. The number of nitrogens with zero attached hydrogens (tertiary/aromatic N) is 1. The fourth-order valence-electron chi connectivity index (χ4n) is 1.86. The van der Waals surface area contributed by atoms with Crippen LogP contribution in [0.15, 0.2) is 40.6 Å². The van der Waals surface area contributed by atoms with Gasteiger partial charge < -0.3 is 9.84 Å². The quantitative estimate of drug-likeness (QED) is 0.873. The SMILES string of the molecule is CCOc1ccc(N(C)S(=O)(=O)c2ccsc2C(=O)O)cc1. The van der Waals surface area contributed by atoms with Gasteiger partial charge in [0.2, 0.25) is 0 Å². The summed E-state index contributed by atoms with van der Waals surface area (Å²) in [5.74, 6) is -0.618. The van der Waals surface area contributed by atoms with Crippen LogP contribution >= 0.6 is 11.3 Å². The summed E-state index contributed by atoms with van der Waals surface area (Å²) in [6.07, 6.45) is 0. The highest BCUT2D eigenvalue weighted by Gasteiger charge is 2.28. The number of sulfonamides is 1. The summed E-state index contributed by atoms with van der Waals surface area (Å²) in [6, 6.07) is 7.84. The molecular formula is C14H15NO5S2. The van der Waals surface area contributed by atoms with Gasteiger partial charge in [-0.25, -0.2) is 13.2 Å². The number of anilines is 1. The highest BCUT2D eigenvalue weighted by molar-refractivity contribution is 7.93. The summed E-state index contributed by atoms with van der Waals surface area (Å²) < 4.78 is 31.5. The number of carbonyl (C=O) groups is 1. The summed E-state index contributed by atoms with van der Waals surface area (Å²) >= 11 is 0.881. The molecule has 2 aromatic rings. The first-order valence-electron chi connectivity index (χ1n) is 6.40. The van der Waals surface area contributed by atoms with E-state index in [4.69, 9.17) is 9.84 Å². The molecule has 0 unspecified atom stereocenters. The van der Waals surface area contributed by atoms with Gasteiger partial charge >= 0.3 is 5.97 Å². The Morgan fingerprint density at radius 2 is 1.91 bits per heavy atom. The molecule has 1 heterocycles. The second-order valence-electron chi connectivity index (χ2n) is 4.32. The lowest BCUT2D eigenvalue weighted by molar-refractivity contribution is 0.0698. The van der Waals surface area contributed by atoms with Gasteiger partial charge in [0, 0.05) is 7.05 Å². The summed E-state index contributed by atoms with van der Waals surface area (Å²) in [4.78, 5) is 10.7. The molecule has 0 atom stereocenters. The number of carboxylic acids is 1. The summed E-state index contributed by atoms with van der Waals surface area (Å²) in [5.41, 5.74) is 0.422. The van der Waals surface area contributed by atoms with Crippen molar-refractivity contribution in [3.8, 4) is 5.75 Å². The predicted octanol–water partition coefficient (Wildman–Crippen LogP) is 2.67. The highest BCUT2D eigenvalue weighted by Crippen LogP contribution is 2.28. The molecular weight excluding hydrogens is 326 g/mol. The minimum Gasteiger partial charge on any atom is -0.494 e. The van der Waals surface area contributed by atoms with Crippen molar-refractivity contribution in [1.82, 2.24) is 0 Å². The van der Waals surface area contributed by atoms with E-state index in [-0.39, 0.29) is 9.77 Å². The van der Waals surface area contributed by atoms with Crippen LogP contribution in [0.5, 0.6) is 5.75 Å². The van der Waals surface area contributed by atoms with Crippen molar-refractivity contribution in [2.75, 3.05) is 18.0 Å². The van der Waals surface area contributed by atoms with Gasteiger partial charge in [-0.05, 0) is 42.6 Å². The fourth-order valence-corrected chi connectivity index (χ4v) is 4.29. The summed E-state index contributed by atoms with van der Waals surface area (Å²) in [6.45, 7) is 2.37. The van der Waals surface area contributed by atoms with Crippen LogP contribution in [-0.4, -0.2) is 33.1 Å². The average Bonchev–Trinajstić information content (AvgIpc) is 2.98. The Kier molecular flexibility index (Phi) is 4.72. The lowest BCUT2D eigenvalue weighted by atomic mass is 10.3. The number of hydrogen-bond donors (Lipinski definition) is 1. The minimum atomic E-state index is -3.93. The van der Waals surface area contributed by atoms with Crippen molar-refractivity contribution in [3.63, 3.8) is 0 Å². The molecule has 0 radical (unpaired) electrons. The minimum absolute atomic E-state index is 0.196. The molecule has 6 nitrogen and oxygen atoms in total. The molecule has 0 saturated heterocycles. The first kappa shape index (κ1) is 16.3. The molecule has 0 aliphatic rings. The van der Waals surface area contributed by atoms with Crippen LogP contribution in [0.3, 0.4) is 0 Å². The number of hydrogen-bond acceptors (Lipinski definition) is 5. The van der Waals surface area contributed by atoms with Crippen molar-refractivity contribution < 1.29 is 23.1 Å². The van der Waals surface area contributed by atoms with Crippen LogP contribution in [0.2, 0.25) is 0 Å². The molecule has 0 bridgehead atoms. The second kappa shape index (κ2) is 6.37. The predicted molar refractivity (Wildman–Crippen MR) is 84.5 cm³/mol. The van der Waals surface area contributed by atoms with Gasteiger partial charge in [0.25, 0.3) is 10.0 Å². The van der Waals surface area contributed by atoms with E-state index >= 15 is 0 Å².